The highest BCUT2D eigenvalue weighted by atomic mass is 35.5. The van der Waals surface area contributed by atoms with Crippen LogP contribution in [0.15, 0.2) is 53.3 Å². The van der Waals surface area contributed by atoms with Crippen LogP contribution in [0.5, 0.6) is 0 Å². The Kier molecular flexibility index (Phi) is 5.68. The van der Waals surface area contributed by atoms with Gasteiger partial charge in [-0.1, -0.05) is 46.6 Å². The summed E-state index contributed by atoms with van der Waals surface area (Å²) in [5.74, 6) is 0.488. The van der Waals surface area contributed by atoms with Gasteiger partial charge in [0.15, 0.2) is 11.2 Å². The van der Waals surface area contributed by atoms with E-state index in [2.05, 4.69) is 15.3 Å². The molecule has 0 spiro atoms. The summed E-state index contributed by atoms with van der Waals surface area (Å²) in [4.78, 5) is 35.2. The molecule has 4 aromatic rings. The predicted octanol–water partition coefficient (Wildman–Crippen LogP) is 3.54. The van der Waals surface area contributed by atoms with E-state index in [9.17, 15) is 9.59 Å². The molecule has 33 heavy (non-hydrogen) atoms. The first-order valence-electron chi connectivity index (χ1n) is 10.9. The van der Waals surface area contributed by atoms with Crippen molar-refractivity contribution in [2.45, 2.75) is 32.2 Å². The molecule has 1 aliphatic heterocycles. The lowest BCUT2D eigenvalue weighted by Gasteiger charge is -2.32. The van der Waals surface area contributed by atoms with Crippen LogP contribution in [0.3, 0.4) is 0 Å². The molecule has 1 fully saturated rings. The van der Waals surface area contributed by atoms with Crippen molar-refractivity contribution >= 4 is 28.7 Å². The van der Waals surface area contributed by atoms with Gasteiger partial charge in [0.05, 0.1) is 6.54 Å². The number of hydrogen-bond acceptors (Lipinski definition) is 5. The van der Waals surface area contributed by atoms with Crippen LogP contribution in [0.25, 0.3) is 11.2 Å². The van der Waals surface area contributed by atoms with Crippen molar-refractivity contribution in [3.63, 3.8) is 0 Å². The maximum atomic E-state index is 13.1. The standard InChI is InChI=1S/C24H23ClN6O2/c1-15-5-2-7-17(11-15)24(33)30-10-4-8-18(14-30)21-26-22-20(23(32)27-21)28-29-31(22)13-16-6-3-9-19(25)12-16/h2-3,5-7,9,11-12,18H,4,8,10,13-14H2,1H3,(H,26,27,32)/t18-/m1/s1. The van der Waals surface area contributed by atoms with E-state index < -0.39 is 0 Å². The molecule has 0 unspecified atom stereocenters. The lowest BCUT2D eigenvalue weighted by Crippen LogP contribution is -2.40. The van der Waals surface area contributed by atoms with Gasteiger partial charge in [-0.05, 0) is 49.6 Å². The second-order valence-electron chi connectivity index (χ2n) is 8.46. The second-order valence-corrected chi connectivity index (χ2v) is 8.90. The Morgan fingerprint density at radius 3 is 2.88 bits per heavy atom. The van der Waals surface area contributed by atoms with Crippen LogP contribution >= 0.6 is 11.6 Å². The number of rotatable bonds is 4. The number of benzene rings is 2. The minimum absolute atomic E-state index is 0.000472. The molecule has 5 rings (SSSR count). The van der Waals surface area contributed by atoms with Gasteiger partial charge in [0.1, 0.15) is 5.82 Å². The summed E-state index contributed by atoms with van der Waals surface area (Å²) < 4.78 is 1.61. The molecule has 0 radical (unpaired) electrons. The van der Waals surface area contributed by atoms with Crippen LogP contribution in [0.1, 0.15) is 46.1 Å². The highest BCUT2D eigenvalue weighted by molar-refractivity contribution is 6.30. The maximum absolute atomic E-state index is 13.1. The Balaban J connectivity index is 1.43. The molecule has 1 amide bonds. The first kappa shape index (κ1) is 21.3. The SMILES string of the molecule is Cc1cccc(C(=O)N2CCC[C@@H](c3nc4c(nnn4Cc4cccc(Cl)c4)c(=O)[nH]3)C2)c1. The molecular weight excluding hydrogens is 440 g/mol. The number of aryl methyl sites for hydroxylation is 1. The average molecular weight is 463 g/mol. The molecule has 9 heteroatoms. The molecule has 0 saturated carbocycles. The van der Waals surface area contributed by atoms with Crippen LogP contribution in [0.4, 0.5) is 0 Å². The van der Waals surface area contributed by atoms with Gasteiger partial charge in [-0.3, -0.25) is 9.59 Å². The number of piperidine rings is 1. The van der Waals surface area contributed by atoms with E-state index in [-0.39, 0.29) is 22.9 Å². The Hall–Kier alpha value is -3.52. The van der Waals surface area contributed by atoms with Crippen LogP contribution in [0, 0.1) is 6.92 Å². The Bertz CT molecular complexity index is 1400. The molecule has 8 nitrogen and oxygen atoms in total. The third-order valence-electron chi connectivity index (χ3n) is 5.97. The first-order valence-corrected chi connectivity index (χ1v) is 11.3. The quantitative estimate of drug-likeness (QED) is 0.500. The summed E-state index contributed by atoms with van der Waals surface area (Å²) in [5.41, 5.74) is 2.96. The largest absolute Gasteiger partial charge is 0.338 e. The fourth-order valence-corrected chi connectivity index (χ4v) is 4.55. The zero-order valence-electron chi connectivity index (χ0n) is 18.2. The van der Waals surface area contributed by atoms with Crippen LogP contribution in [-0.2, 0) is 6.54 Å². The molecule has 1 saturated heterocycles. The van der Waals surface area contributed by atoms with Gasteiger partial charge in [-0.25, -0.2) is 9.67 Å². The number of aromatic nitrogens is 5. The van der Waals surface area contributed by atoms with Crippen molar-refractivity contribution in [3.05, 3.63) is 86.4 Å². The first-order chi connectivity index (χ1) is 16.0. The average Bonchev–Trinajstić information content (AvgIpc) is 3.22. The molecule has 1 aliphatic rings. The third-order valence-corrected chi connectivity index (χ3v) is 6.21. The van der Waals surface area contributed by atoms with Crippen LogP contribution < -0.4 is 5.56 Å². The van der Waals surface area contributed by atoms with Crippen molar-refractivity contribution in [2.75, 3.05) is 13.1 Å². The Labute approximate surface area is 195 Å². The van der Waals surface area contributed by atoms with Gasteiger partial charge in [0.25, 0.3) is 11.5 Å². The number of H-pyrrole nitrogens is 1. The summed E-state index contributed by atoms with van der Waals surface area (Å²) >= 11 is 6.10. The van der Waals surface area contributed by atoms with Crippen molar-refractivity contribution in [3.8, 4) is 0 Å². The lowest BCUT2D eigenvalue weighted by molar-refractivity contribution is 0.0704. The number of amides is 1. The van der Waals surface area contributed by atoms with Crippen molar-refractivity contribution < 1.29 is 4.79 Å². The molecule has 168 valence electrons. The van der Waals surface area contributed by atoms with E-state index >= 15 is 0 Å². The molecule has 1 atom stereocenters. The van der Waals surface area contributed by atoms with Crippen molar-refractivity contribution in [1.29, 1.82) is 0 Å². The predicted molar refractivity (Wildman–Crippen MR) is 126 cm³/mol. The van der Waals surface area contributed by atoms with E-state index in [1.165, 1.54) is 0 Å². The van der Waals surface area contributed by atoms with Gasteiger partial charge in [0, 0.05) is 29.6 Å². The molecule has 0 bridgehead atoms. The number of carbonyl (C=O) groups excluding carboxylic acids is 1. The van der Waals surface area contributed by atoms with Gasteiger partial charge in [-0.15, -0.1) is 5.10 Å². The topological polar surface area (TPSA) is 96.8 Å². The zero-order chi connectivity index (χ0) is 22.9. The van der Waals surface area contributed by atoms with Gasteiger partial charge >= 0.3 is 0 Å². The van der Waals surface area contributed by atoms with Crippen LogP contribution in [0.2, 0.25) is 5.02 Å². The minimum atomic E-state index is -0.325. The molecule has 2 aromatic heterocycles. The number of aromatic amines is 1. The molecule has 3 heterocycles. The highest BCUT2D eigenvalue weighted by Crippen LogP contribution is 2.26. The summed E-state index contributed by atoms with van der Waals surface area (Å²) in [5, 5.41) is 8.79. The Morgan fingerprint density at radius 1 is 1.21 bits per heavy atom. The summed E-state index contributed by atoms with van der Waals surface area (Å²) in [6, 6.07) is 15.1. The van der Waals surface area contributed by atoms with E-state index in [4.69, 9.17) is 16.6 Å². The molecule has 1 N–H and O–H groups in total. The zero-order valence-corrected chi connectivity index (χ0v) is 18.9. The van der Waals surface area contributed by atoms with Crippen molar-refractivity contribution in [2.24, 2.45) is 0 Å². The monoisotopic (exact) mass is 462 g/mol. The Morgan fingerprint density at radius 2 is 2.06 bits per heavy atom. The number of nitrogens with zero attached hydrogens (tertiary/aromatic N) is 5. The van der Waals surface area contributed by atoms with Gasteiger partial charge in [-0.2, -0.15) is 0 Å². The number of halogens is 1. The minimum Gasteiger partial charge on any atom is -0.338 e. The summed E-state index contributed by atoms with van der Waals surface area (Å²) in [6.07, 6.45) is 1.67. The number of carbonyl (C=O) groups is 1. The smallest absolute Gasteiger partial charge is 0.281 e. The molecular formula is C24H23ClN6O2. The fourth-order valence-electron chi connectivity index (χ4n) is 4.34. The maximum Gasteiger partial charge on any atom is 0.281 e. The molecule has 2 aromatic carbocycles. The summed E-state index contributed by atoms with van der Waals surface area (Å²) in [6.45, 7) is 3.55. The normalized spacial score (nSPS) is 16.3. The fraction of sp³-hybridized carbons (Fsp3) is 0.292. The third kappa shape index (κ3) is 4.39. The second kappa shape index (κ2) is 8.78. The molecule has 0 aliphatic carbocycles. The van der Waals surface area contributed by atoms with E-state index in [0.717, 1.165) is 24.0 Å². The lowest BCUT2D eigenvalue weighted by atomic mass is 9.96. The number of likely N-dealkylation sites (tertiary alicyclic amines) is 1. The van der Waals surface area contributed by atoms with Gasteiger partial charge < -0.3 is 9.88 Å². The van der Waals surface area contributed by atoms with Crippen LogP contribution in [-0.4, -0.2) is 48.9 Å². The van der Waals surface area contributed by atoms with E-state index in [1.54, 1.807) is 10.7 Å². The number of hydrogen-bond donors (Lipinski definition) is 1. The highest BCUT2D eigenvalue weighted by Gasteiger charge is 2.28. The number of fused-ring (bicyclic) bond motifs is 1. The number of nitrogens with one attached hydrogen (secondary N) is 1. The van der Waals surface area contributed by atoms with Crippen molar-refractivity contribution in [1.82, 2.24) is 29.9 Å². The van der Waals surface area contributed by atoms with E-state index in [1.807, 2.05) is 54.3 Å². The van der Waals surface area contributed by atoms with Gasteiger partial charge in [0.2, 0.25) is 0 Å². The summed E-state index contributed by atoms with van der Waals surface area (Å²) in [7, 11) is 0. The van der Waals surface area contributed by atoms with E-state index in [0.29, 0.717) is 41.7 Å².